The molecule has 0 N–H and O–H groups in total. The van der Waals surface area contributed by atoms with Gasteiger partial charge in [0.05, 0.1) is 10.0 Å². The first kappa shape index (κ1) is 17.9. The lowest BCUT2D eigenvalue weighted by Gasteiger charge is -2.18. The zero-order chi connectivity index (χ0) is 17.6. The Kier molecular flexibility index (Phi) is 5.18. The third-order valence-corrected chi connectivity index (χ3v) is 7.92. The fourth-order valence-electron chi connectivity index (χ4n) is 3.20. The maximum Gasteiger partial charge on any atom is 0.128 e. The van der Waals surface area contributed by atoms with Gasteiger partial charge in [0.25, 0.3) is 0 Å². The van der Waals surface area contributed by atoms with E-state index < -0.39 is 0 Å². The van der Waals surface area contributed by atoms with Gasteiger partial charge in [-0.25, -0.2) is 9.97 Å². The lowest BCUT2D eigenvalue weighted by molar-refractivity contribution is 0.509. The highest BCUT2D eigenvalue weighted by molar-refractivity contribution is 7.98. The summed E-state index contributed by atoms with van der Waals surface area (Å²) < 4.78 is 0. The summed E-state index contributed by atoms with van der Waals surface area (Å²) in [6, 6.07) is 3.51. The van der Waals surface area contributed by atoms with Crippen molar-refractivity contribution in [3.8, 4) is 0 Å². The summed E-state index contributed by atoms with van der Waals surface area (Å²) in [5.74, 6) is 1.37. The van der Waals surface area contributed by atoms with E-state index in [9.17, 15) is 0 Å². The molecule has 4 rings (SSSR count). The Balaban J connectivity index is 1.70. The van der Waals surface area contributed by atoms with Gasteiger partial charge in [0.15, 0.2) is 0 Å². The van der Waals surface area contributed by atoms with Crippen molar-refractivity contribution in [3.05, 3.63) is 49.5 Å². The standard InChI is InChI=1S/C18H15Cl3N2S2/c1-9-2-3-10-14(6-9)25-18-15(10)17(22-8-23-18)24-7-11-12(19)4-5-13(20)16(11)21/h4-5,8-9H,2-3,6-7H2,1H3. The van der Waals surface area contributed by atoms with Crippen molar-refractivity contribution in [1.29, 1.82) is 0 Å². The summed E-state index contributed by atoms with van der Waals surface area (Å²) in [6.07, 6.45) is 5.13. The molecule has 1 unspecified atom stereocenters. The molecule has 0 amide bonds. The zero-order valence-electron chi connectivity index (χ0n) is 13.5. The Hall–Kier alpha value is -0.520. The molecule has 0 spiro atoms. The van der Waals surface area contributed by atoms with Crippen molar-refractivity contribution >= 4 is 68.1 Å². The highest BCUT2D eigenvalue weighted by Gasteiger charge is 2.23. The van der Waals surface area contributed by atoms with E-state index in [1.807, 2.05) is 11.3 Å². The monoisotopic (exact) mass is 428 g/mol. The van der Waals surface area contributed by atoms with Crippen LogP contribution in [0.4, 0.5) is 0 Å². The van der Waals surface area contributed by atoms with Crippen LogP contribution in [0.25, 0.3) is 10.2 Å². The number of thioether (sulfide) groups is 1. The van der Waals surface area contributed by atoms with E-state index in [-0.39, 0.29) is 0 Å². The molecule has 130 valence electrons. The van der Waals surface area contributed by atoms with Crippen LogP contribution in [0.2, 0.25) is 15.1 Å². The predicted octanol–water partition coefficient (Wildman–Crippen LogP) is 7.07. The summed E-state index contributed by atoms with van der Waals surface area (Å²) >= 11 is 22.2. The summed E-state index contributed by atoms with van der Waals surface area (Å²) in [4.78, 5) is 11.6. The van der Waals surface area contributed by atoms with E-state index >= 15 is 0 Å². The zero-order valence-corrected chi connectivity index (χ0v) is 17.4. The predicted molar refractivity (Wildman–Crippen MR) is 110 cm³/mol. The summed E-state index contributed by atoms with van der Waals surface area (Å²) in [5.41, 5.74) is 2.29. The summed E-state index contributed by atoms with van der Waals surface area (Å²) in [7, 11) is 0. The number of rotatable bonds is 3. The number of halogens is 3. The smallest absolute Gasteiger partial charge is 0.128 e. The van der Waals surface area contributed by atoms with Crippen LogP contribution in [-0.4, -0.2) is 9.97 Å². The average Bonchev–Trinajstić information content (AvgIpc) is 2.96. The number of thiophene rings is 1. The van der Waals surface area contributed by atoms with Gasteiger partial charge < -0.3 is 0 Å². The molecule has 0 saturated carbocycles. The highest BCUT2D eigenvalue weighted by atomic mass is 35.5. The van der Waals surface area contributed by atoms with E-state index in [0.717, 1.165) is 34.2 Å². The van der Waals surface area contributed by atoms with Crippen LogP contribution in [-0.2, 0) is 18.6 Å². The molecule has 1 aliphatic carbocycles. The molecule has 1 aromatic carbocycles. The van der Waals surface area contributed by atoms with Crippen LogP contribution in [0.15, 0.2) is 23.5 Å². The van der Waals surface area contributed by atoms with E-state index in [1.165, 1.54) is 22.2 Å². The Labute approximate surface area is 169 Å². The van der Waals surface area contributed by atoms with E-state index in [4.69, 9.17) is 34.8 Å². The van der Waals surface area contributed by atoms with Crippen LogP contribution in [0.5, 0.6) is 0 Å². The van der Waals surface area contributed by atoms with Gasteiger partial charge in [-0.3, -0.25) is 0 Å². The van der Waals surface area contributed by atoms with Gasteiger partial charge in [-0.15, -0.1) is 23.1 Å². The van der Waals surface area contributed by atoms with E-state index in [0.29, 0.717) is 20.8 Å². The fourth-order valence-corrected chi connectivity index (χ4v) is 6.52. The third-order valence-electron chi connectivity index (χ3n) is 4.55. The maximum atomic E-state index is 6.33. The number of hydrogen-bond acceptors (Lipinski definition) is 4. The van der Waals surface area contributed by atoms with Gasteiger partial charge in [0.1, 0.15) is 16.2 Å². The number of nitrogens with zero attached hydrogens (tertiary/aromatic N) is 2. The molecular weight excluding hydrogens is 415 g/mol. The molecule has 7 heteroatoms. The molecule has 2 heterocycles. The quantitative estimate of drug-likeness (QED) is 0.253. The lowest BCUT2D eigenvalue weighted by atomic mass is 9.89. The second-order valence-corrected chi connectivity index (χ2v) is 9.56. The fraction of sp³-hybridized carbons (Fsp3) is 0.333. The number of fused-ring (bicyclic) bond motifs is 3. The van der Waals surface area contributed by atoms with E-state index in [2.05, 4.69) is 16.9 Å². The topological polar surface area (TPSA) is 25.8 Å². The molecule has 2 nitrogen and oxygen atoms in total. The summed E-state index contributed by atoms with van der Waals surface area (Å²) in [6.45, 7) is 2.32. The highest BCUT2D eigenvalue weighted by Crippen LogP contribution is 2.42. The molecule has 25 heavy (non-hydrogen) atoms. The van der Waals surface area contributed by atoms with Gasteiger partial charge in [0.2, 0.25) is 0 Å². The van der Waals surface area contributed by atoms with Crippen molar-refractivity contribution < 1.29 is 0 Å². The van der Waals surface area contributed by atoms with Crippen LogP contribution in [0.3, 0.4) is 0 Å². The average molecular weight is 430 g/mol. The molecule has 2 aromatic heterocycles. The first-order valence-electron chi connectivity index (χ1n) is 8.05. The molecule has 0 fully saturated rings. The van der Waals surface area contributed by atoms with Gasteiger partial charge in [0, 0.05) is 26.6 Å². The van der Waals surface area contributed by atoms with Gasteiger partial charge in [-0.05, 0) is 42.9 Å². The summed E-state index contributed by atoms with van der Waals surface area (Å²) in [5, 5.41) is 3.90. The van der Waals surface area contributed by atoms with Crippen molar-refractivity contribution in [3.63, 3.8) is 0 Å². The maximum absolute atomic E-state index is 6.33. The van der Waals surface area contributed by atoms with Crippen molar-refractivity contribution in [2.75, 3.05) is 0 Å². The molecule has 0 bridgehead atoms. The van der Waals surface area contributed by atoms with E-state index in [1.54, 1.807) is 30.2 Å². The second kappa shape index (κ2) is 7.24. The van der Waals surface area contributed by atoms with Gasteiger partial charge in [-0.2, -0.15) is 0 Å². The Morgan fingerprint density at radius 3 is 2.84 bits per heavy atom. The Morgan fingerprint density at radius 1 is 1.20 bits per heavy atom. The van der Waals surface area contributed by atoms with Crippen LogP contribution >= 0.6 is 57.9 Å². The molecular formula is C18H15Cl3N2S2. The SMILES string of the molecule is CC1CCc2c(sc3ncnc(SCc4c(Cl)ccc(Cl)c4Cl)c23)C1. The van der Waals surface area contributed by atoms with Crippen molar-refractivity contribution in [1.82, 2.24) is 9.97 Å². The molecule has 0 aliphatic heterocycles. The molecule has 0 radical (unpaired) electrons. The Morgan fingerprint density at radius 2 is 2.00 bits per heavy atom. The van der Waals surface area contributed by atoms with Crippen LogP contribution in [0.1, 0.15) is 29.3 Å². The van der Waals surface area contributed by atoms with Gasteiger partial charge in [-0.1, -0.05) is 41.7 Å². The molecule has 1 atom stereocenters. The lowest BCUT2D eigenvalue weighted by Crippen LogP contribution is -2.08. The van der Waals surface area contributed by atoms with Crippen LogP contribution in [0, 0.1) is 5.92 Å². The molecule has 0 saturated heterocycles. The van der Waals surface area contributed by atoms with Crippen molar-refractivity contribution in [2.45, 2.75) is 37.0 Å². The normalized spacial score (nSPS) is 17.0. The van der Waals surface area contributed by atoms with Crippen molar-refractivity contribution in [2.24, 2.45) is 5.92 Å². The molecule has 3 aromatic rings. The number of aryl methyl sites for hydroxylation is 1. The first-order valence-corrected chi connectivity index (χ1v) is 11.0. The van der Waals surface area contributed by atoms with Crippen LogP contribution < -0.4 is 0 Å². The van der Waals surface area contributed by atoms with Gasteiger partial charge >= 0.3 is 0 Å². The third kappa shape index (κ3) is 3.40. The molecule has 1 aliphatic rings. The number of aromatic nitrogens is 2. The first-order chi connectivity index (χ1) is 12.0. The Bertz CT molecular complexity index is 955. The number of benzene rings is 1. The minimum atomic E-state index is 0.521. The minimum absolute atomic E-state index is 0.521. The largest absolute Gasteiger partial charge is 0.229 e. The number of hydrogen-bond donors (Lipinski definition) is 0. The minimum Gasteiger partial charge on any atom is -0.229 e. The second-order valence-electron chi connectivity index (χ2n) is 6.32.